The number of amides is 1. The topological polar surface area (TPSA) is 124 Å². The minimum atomic E-state index is -5.08. The minimum Gasteiger partial charge on any atom is -0.475 e. The number of carbonyl (C=O) groups excluding carboxylic acids is 1. The first-order chi connectivity index (χ1) is 16.2. The molecule has 1 saturated carbocycles. The lowest BCUT2D eigenvalue weighted by Crippen LogP contribution is -2.38. The van der Waals surface area contributed by atoms with Gasteiger partial charge >= 0.3 is 12.1 Å². The Hall–Kier alpha value is -3.89. The van der Waals surface area contributed by atoms with Crippen LogP contribution in [-0.2, 0) is 4.79 Å². The zero-order chi connectivity index (χ0) is 24.3. The van der Waals surface area contributed by atoms with Crippen LogP contribution >= 0.6 is 0 Å². The van der Waals surface area contributed by atoms with E-state index >= 15 is 0 Å². The number of aliphatic carboxylic acids is 1. The Labute approximate surface area is 191 Å². The van der Waals surface area contributed by atoms with Crippen molar-refractivity contribution in [1.82, 2.24) is 25.5 Å². The van der Waals surface area contributed by atoms with Crippen molar-refractivity contribution in [2.75, 3.05) is 0 Å². The van der Waals surface area contributed by atoms with Gasteiger partial charge in [0.05, 0.1) is 16.6 Å². The fraction of sp³-hybridized carbons (Fsp3) is 0.304. The van der Waals surface area contributed by atoms with Crippen molar-refractivity contribution < 1.29 is 27.9 Å². The summed E-state index contributed by atoms with van der Waals surface area (Å²) in [7, 11) is 0. The van der Waals surface area contributed by atoms with Gasteiger partial charge in [-0.05, 0) is 37.5 Å². The maximum atomic E-state index is 12.8. The van der Waals surface area contributed by atoms with E-state index in [4.69, 9.17) is 14.9 Å². The molecule has 0 saturated heterocycles. The van der Waals surface area contributed by atoms with E-state index in [1.54, 1.807) is 0 Å². The zero-order valence-corrected chi connectivity index (χ0v) is 17.9. The molecule has 11 heteroatoms. The summed E-state index contributed by atoms with van der Waals surface area (Å²) in [4.78, 5) is 29.9. The highest BCUT2D eigenvalue weighted by atomic mass is 19.4. The average Bonchev–Trinajstić information content (AvgIpc) is 3.43. The Morgan fingerprint density at radius 2 is 1.71 bits per heavy atom. The summed E-state index contributed by atoms with van der Waals surface area (Å²) in [5, 5.41) is 18.3. The molecule has 4 aromatic rings. The van der Waals surface area contributed by atoms with E-state index in [9.17, 15) is 18.0 Å². The summed E-state index contributed by atoms with van der Waals surface area (Å²) >= 11 is 0. The first kappa shape index (κ1) is 23.3. The van der Waals surface area contributed by atoms with Gasteiger partial charge in [-0.25, -0.2) is 9.78 Å². The van der Waals surface area contributed by atoms with Crippen molar-refractivity contribution in [3.05, 3.63) is 60.0 Å². The standard InChI is InChI=1S/C21H21N5O.C2HF3O2/c27-21(19-15-8-1-2-9-16(15)25-26-19)22-14-7-5-6-13(12-14)20-23-17-10-3-4-11-18(17)24-20;3-2(4,5)1(6)7/h1-4,8-11,13-14H,5-7,12H2,(H,22,27)(H,23,24)(H,25,26);(H,6,7)/t13-,14+;/m0./s1. The van der Waals surface area contributed by atoms with Crippen molar-refractivity contribution in [3.8, 4) is 0 Å². The molecule has 1 aliphatic carbocycles. The van der Waals surface area contributed by atoms with Crippen LogP contribution in [0.3, 0.4) is 0 Å². The van der Waals surface area contributed by atoms with Gasteiger partial charge in [-0.3, -0.25) is 9.89 Å². The molecular weight excluding hydrogens is 451 g/mol. The number of aromatic amines is 2. The quantitative estimate of drug-likeness (QED) is 0.348. The monoisotopic (exact) mass is 473 g/mol. The number of carbonyl (C=O) groups is 2. The number of rotatable bonds is 3. The Bertz CT molecular complexity index is 1280. The van der Waals surface area contributed by atoms with Gasteiger partial charge in [0.25, 0.3) is 5.91 Å². The number of fused-ring (bicyclic) bond motifs is 2. The molecule has 4 N–H and O–H groups in total. The van der Waals surface area contributed by atoms with Gasteiger partial charge in [0.1, 0.15) is 5.82 Å². The summed E-state index contributed by atoms with van der Waals surface area (Å²) in [6, 6.07) is 15.9. The van der Waals surface area contributed by atoms with Crippen LogP contribution in [0.4, 0.5) is 13.2 Å². The third-order valence-corrected chi connectivity index (χ3v) is 5.73. The highest BCUT2D eigenvalue weighted by Gasteiger charge is 2.38. The fourth-order valence-electron chi connectivity index (χ4n) is 4.13. The van der Waals surface area contributed by atoms with Crippen molar-refractivity contribution >= 4 is 33.8 Å². The van der Waals surface area contributed by atoms with E-state index in [0.29, 0.717) is 11.6 Å². The molecule has 0 spiro atoms. The number of halogens is 3. The summed E-state index contributed by atoms with van der Waals surface area (Å²) in [6.07, 6.45) is -1.02. The second kappa shape index (κ2) is 9.54. The number of benzene rings is 2. The van der Waals surface area contributed by atoms with Crippen LogP contribution in [0.2, 0.25) is 0 Å². The normalized spacial score (nSPS) is 18.3. The van der Waals surface area contributed by atoms with E-state index in [2.05, 4.69) is 26.6 Å². The van der Waals surface area contributed by atoms with Crippen molar-refractivity contribution in [2.45, 2.75) is 43.8 Å². The van der Waals surface area contributed by atoms with Gasteiger partial charge < -0.3 is 15.4 Å². The number of aromatic nitrogens is 4. The number of H-pyrrole nitrogens is 2. The molecule has 8 nitrogen and oxygen atoms in total. The molecule has 2 aromatic heterocycles. The molecule has 0 bridgehead atoms. The van der Waals surface area contributed by atoms with Gasteiger partial charge in [-0.1, -0.05) is 36.8 Å². The fourth-order valence-corrected chi connectivity index (χ4v) is 4.13. The Balaban J connectivity index is 0.000000344. The molecule has 1 aliphatic rings. The molecule has 2 heterocycles. The summed E-state index contributed by atoms with van der Waals surface area (Å²) in [6.45, 7) is 0. The zero-order valence-electron chi connectivity index (χ0n) is 17.9. The number of hydrogen-bond donors (Lipinski definition) is 4. The molecule has 1 fully saturated rings. The van der Waals surface area contributed by atoms with E-state index < -0.39 is 12.1 Å². The van der Waals surface area contributed by atoms with Crippen LogP contribution in [0, 0.1) is 0 Å². The smallest absolute Gasteiger partial charge is 0.475 e. The number of carboxylic acids is 1. The van der Waals surface area contributed by atoms with Gasteiger partial charge in [0, 0.05) is 17.3 Å². The van der Waals surface area contributed by atoms with Crippen LogP contribution in [-0.4, -0.2) is 49.4 Å². The van der Waals surface area contributed by atoms with E-state index in [1.165, 1.54) is 0 Å². The number of imidazole rings is 1. The summed E-state index contributed by atoms with van der Waals surface area (Å²) < 4.78 is 31.7. The lowest BCUT2D eigenvalue weighted by Gasteiger charge is -2.28. The van der Waals surface area contributed by atoms with E-state index in [1.807, 2.05) is 42.5 Å². The molecule has 0 aliphatic heterocycles. The number of nitrogens with one attached hydrogen (secondary N) is 3. The minimum absolute atomic E-state index is 0.109. The third kappa shape index (κ3) is 5.19. The third-order valence-electron chi connectivity index (χ3n) is 5.73. The predicted molar refractivity (Wildman–Crippen MR) is 118 cm³/mol. The largest absolute Gasteiger partial charge is 0.490 e. The predicted octanol–water partition coefficient (Wildman–Crippen LogP) is 4.53. The Morgan fingerprint density at radius 1 is 1.03 bits per heavy atom. The number of para-hydroxylation sites is 3. The van der Waals surface area contributed by atoms with Gasteiger partial charge in [0.15, 0.2) is 5.69 Å². The number of hydrogen-bond acceptors (Lipinski definition) is 4. The van der Waals surface area contributed by atoms with Gasteiger partial charge in [-0.15, -0.1) is 0 Å². The molecule has 0 radical (unpaired) electrons. The Kier molecular flexibility index (Phi) is 6.53. The first-order valence-corrected chi connectivity index (χ1v) is 10.7. The lowest BCUT2D eigenvalue weighted by atomic mass is 9.85. The maximum absolute atomic E-state index is 12.8. The molecule has 1 amide bonds. The highest BCUT2D eigenvalue weighted by Crippen LogP contribution is 2.32. The highest BCUT2D eigenvalue weighted by molar-refractivity contribution is 6.04. The maximum Gasteiger partial charge on any atom is 0.490 e. The van der Waals surface area contributed by atoms with Crippen LogP contribution in [0.25, 0.3) is 21.9 Å². The number of alkyl halides is 3. The molecule has 178 valence electrons. The van der Waals surface area contributed by atoms with E-state index in [0.717, 1.165) is 53.4 Å². The van der Waals surface area contributed by atoms with Crippen LogP contribution in [0.15, 0.2) is 48.5 Å². The molecule has 2 atom stereocenters. The van der Waals surface area contributed by atoms with Crippen molar-refractivity contribution in [3.63, 3.8) is 0 Å². The van der Waals surface area contributed by atoms with Crippen LogP contribution in [0.1, 0.15) is 47.9 Å². The molecule has 34 heavy (non-hydrogen) atoms. The second-order valence-electron chi connectivity index (χ2n) is 8.09. The van der Waals surface area contributed by atoms with Crippen LogP contribution in [0.5, 0.6) is 0 Å². The van der Waals surface area contributed by atoms with Crippen LogP contribution < -0.4 is 5.32 Å². The number of nitrogens with zero attached hydrogens (tertiary/aromatic N) is 2. The molecular formula is C23H22F3N5O3. The average molecular weight is 473 g/mol. The van der Waals surface area contributed by atoms with Crippen molar-refractivity contribution in [2.24, 2.45) is 0 Å². The first-order valence-electron chi connectivity index (χ1n) is 10.7. The SMILES string of the molecule is O=C(N[C@@H]1CCC[C@H](c2nc3ccccc3[nH]2)C1)c1n[nH]c2ccccc12.O=C(O)C(F)(F)F. The number of carboxylic acid groups (broad SMARTS) is 1. The molecule has 2 aromatic carbocycles. The molecule has 0 unspecified atom stereocenters. The lowest BCUT2D eigenvalue weighted by molar-refractivity contribution is -0.192. The van der Waals surface area contributed by atoms with E-state index in [-0.39, 0.29) is 11.9 Å². The summed E-state index contributed by atoms with van der Waals surface area (Å²) in [5.41, 5.74) is 3.42. The second-order valence-corrected chi connectivity index (χ2v) is 8.09. The van der Waals surface area contributed by atoms with Crippen molar-refractivity contribution in [1.29, 1.82) is 0 Å². The Morgan fingerprint density at radius 3 is 2.41 bits per heavy atom. The molecule has 5 rings (SSSR count). The van der Waals surface area contributed by atoms with Gasteiger partial charge in [0.2, 0.25) is 0 Å². The summed E-state index contributed by atoms with van der Waals surface area (Å²) in [5.74, 6) is -1.50. The van der Waals surface area contributed by atoms with Gasteiger partial charge in [-0.2, -0.15) is 18.3 Å².